The molecule has 3 rings (SSSR count). The summed E-state index contributed by atoms with van der Waals surface area (Å²) in [6, 6.07) is 13.8. The molecule has 0 fully saturated rings. The molecule has 0 amide bonds. The van der Waals surface area contributed by atoms with E-state index in [1.165, 1.54) is 5.56 Å². The van der Waals surface area contributed by atoms with Crippen LogP contribution in [0.3, 0.4) is 0 Å². The van der Waals surface area contributed by atoms with Gasteiger partial charge in [-0.15, -0.1) is 0 Å². The SMILES string of the molecule is CN=C(NCc1coc(-c2ccc(C)cc2)n1)NCc1cccc(OC)c1OC. The Morgan fingerprint density at radius 3 is 2.48 bits per heavy atom. The van der Waals surface area contributed by atoms with Crippen molar-refractivity contribution in [2.75, 3.05) is 21.3 Å². The second-order valence-corrected chi connectivity index (χ2v) is 6.44. The van der Waals surface area contributed by atoms with Crippen molar-refractivity contribution in [3.63, 3.8) is 0 Å². The molecule has 29 heavy (non-hydrogen) atoms. The first-order valence-corrected chi connectivity index (χ1v) is 9.30. The summed E-state index contributed by atoms with van der Waals surface area (Å²) in [5, 5.41) is 6.51. The number of aliphatic imine (C=N–C) groups is 1. The third kappa shape index (κ3) is 5.07. The van der Waals surface area contributed by atoms with Gasteiger partial charge in [-0.05, 0) is 25.1 Å². The van der Waals surface area contributed by atoms with Gasteiger partial charge >= 0.3 is 0 Å². The lowest BCUT2D eigenvalue weighted by molar-refractivity contribution is 0.351. The number of para-hydroxylation sites is 1. The third-order valence-corrected chi connectivity index (χ3v) is 4.44. The van der Waals surface area contributed by atoms with Crippen LogP contribution in [0.4, 0.5) is 0 Å². The number of nitrogens with one attached hydrogen (secondary N) is 2. The van der Waals surface area contributed by atoms with E-state index in [4.69, 9.17) is 13.9 Å². The van der Waals surface area contributed by atoms with E-state index in [2.05, 4.69) is 27.5 Å². The molecule has 0 spiro atoms. The van der Waals surface area contributed by atoms with Crippen molar-refractivity contribution in [2.24, 2.45) is 4.99 Å². The first-order valence-electron chi connectivity index (χ1n) is 9.30. The van der Waals surface area contributed by atoms with Crippen LogP contribution >= 0.6 is 0 Å². The Labute approximate surface area is 170 Å². The molecule has 0 saturated heterocycles. The highest BCUT2D eigenvalue weighted by molar-refractivity contribution is 5.79. The van der Waals surface area contributed by atoms with Gasteiger partial charge in [-0.3, -0.25) is 4.99 Å². The highest BCUT2D eigenvalue weighted by atomic mass is 16.5. The summed E-state index contributed by atoms with van der Waals surface area (Å²) >= 11 is 0. The van der Waals surface area contributed by atoms with E-state index in [0.717, 1.165) is 16.8 Å². The lowest BCUT2D eigenvalue weighted by Crippen LogP contribution is -2.36. The van der Waals surface area contributed by atoms with Crippen molar-refractivity contribution < 1.29 is 13.9 Å². The lowest BCUT2D eigenvalue weighted by atomic mass is 10.1. The quantitative estimate of drug-likeness (QED) is 0.471. The number of rotatable bonds is 7. The van der Waals surface area contributed by atoms with Crippen LogP contribution in [0.15, 0.2) is 58.1 Å². The number of hydrogen-bond donors (Lipinski definition) is 2. The highest BCUT2D eigenvalue weighted by Crippen LogP contribution is 2.30. The number of aryl methyl sites for hydroxylation is 1. The molecular formula is C22H26N4O3. The van der Waals surface area contributed by atoms with Crippen molar-refractivity contribution in [1.82, 2.24) is 15.6 Å². The number of benzene rings is 2. The van der Waals surface area contributed by atoms with Gasteiger partial charge < -0.3 is 24.5 Å². The van der Waals surface area contributed by atoms with Crippen molar-refractivity contribution in [1.29, 1.82) is 0 Å². The van der Waals surface area contributed by atoms with Crippen molar-refractivity contribution in [3.8, 4) is 23.0 Å². The van der Waals surface area contributed by atoms with E-state index in [1.54, 1.807) is 27.5 Å². The minimum atomic E-state index is 0.490. The number of guanidine groups is 1. The van der Waals surface area contributed by atoms with Crippen LogP contribution in [0, 0.1) is 6.92 Å². The molecule has 0 aliphatic heterocycles. The van der Waals surface area contributed by atoms with E-state index < -0.39 is 0 Å². The first kappa shape index (κ1) is 20.3. The largest absolute Gasteiger partial charge is 0.493 e. The average molecular weight is 394 g/mol. The molecule has 2 aromatic carbocycles. The van der Waals surface area contributed by atoms with Crippen molar-refractivity contribution >= 4 is 5.96 Å². The van der Waals surface area contributed by atoms with Gasteiger partial charge in [0.05, 0.1) is 26.5 Å². The molecule has 1 heterocycles. The average Bonchev–Trinajstić information content (AvgIpc) is 3.23. The summed E-state index contributed by atoms with van der Waals surface area (Å²) in [5.41, 5.74) is 3.92. The zero-order valence-corrected chi connectivity index (χ0v) is 17.2. The van der Waals surface area contributed by atoms with Crippen LogP contribution in [0.2, 0.25) is 0 Å². The summed E-state index contributed by atoms with van der Waals surface area (Å²) in [4.78, 5) is 8.79. The Hall–Kier alpha value is -3.48. The molecule has 0 bridgehead atoms. The Morgan fingerprint density at radius 1 is 1.03 bits per heavy atom. The second kappa shape index (κ2) is 9.64. The van der Waals surface area contributed by atoms with Gasteiger partial charge in [-0.2, -0.15) is 0 Å². The molecule has 0 unspecified atom stereocenters. The van der Waals surface area contributed by atoms with Crippen LogP contribution in [0.1, 0.15) is 16.8 Å². The van der Waals surface area contributed by atoms with Gasteiger partial charge in [0, 0.05) is 24.7 Å². The van der Waals surface area contributed by atoms with Gasteiger partial charge in [-0.25, -0.2) is 4.98 Å². The normalized spacial score (nSPS) is 11.2. The fourth-order valence-electron chi connectivity index (χ4n) is 2.88. The Morgan fingerprint density at radius 2 is 1.79 bits per heavy atom. The van der Waals surface area contributed by atoms with Crippen LogP contribution in [0.5, 0.6) is 11.5 Å². The second-order valence-electron chi connectivity index (χ2n) is 6.44. The zero-order valence-electron chi connectivity index (χ0n) is 17.2. The number of hydrogen-bond acceptors (Lipinski definition) is 5. The first-order chi connectivity index (χ1) is 14.1. The topological polar surface area (TPSA) is 80.9 Å². The smallest absolute Gasteiger partial charge is 0.226 e. The fourth-order valence-corrected chi connectivity index (χ4v) is 2.88. The molecule has 0 saturated carbocycles. The molecule has 7 nitrogen and oxygen atoms in total. The maximum Gasteiger partial charge on any atom is 0.226 e. The van der Waals surface area contributed by atoms with E-state index in [9.17, 15) is 0 Å². The van der Waals surface area contributed by atoms with Crippen LogP contribution in [-0.4, -0.2) is 32.2 Å². The van der Waals surface area contributed by atoms with Gasteiger partial charge in [0.1, 0.15) is 6.26 Å². The molecule has 0 aliphatic rings. The van der Waals surface area contributed by atoms with Crippen LogP contribution in [0.25, 0.3) is 11.5 Å². The van der Waals surface area contributed by atoms with Crippen LogP contribution in [-0.2, 0) is 13.1 Å². The number of ether oxygens (including phenoxy) is 2. The summed E-state index contributed by atoms with van der Waals surface area (Å²) in [6.07, 6.45) is 1.65. The predicted octanol–water partition coefficient (Wildman–Crippen LogP) is 3.53. The molecule has 3 aromatic rings. The monoisotopic (exact) mass is 394 g/mol. The summed E-state index contributed by atoms with van der Waals surface area (Å²) in [5.74, 6) is 2.65. The number of methoxy groups -OCH3 is 2. The molecule has 0 aliphatic carbocycles. The molecule has 152 valence electrons. The number of nitrogens with zero attached hydrogens (tertiary/aromatic N) is 2. The van der Waals surface area contributed by atoms with Crippen LogP contribution < -0.4 is 20.1 Å². The Balaban J connectivity index is 1.58. The molecule has 0 radical (unpaired) electrons. The maximum absolute atomic E-state index is 5.60. The van der Waals surface area contributed by atoms with Gasteiger partial charge in [-0.1, -0.05) is 29.8 Å². The minimum absolute atomic E-state index is 0.490. The standard InChI is InChI=1S/C22H26N4O3/c1-15-8-10-16(11-9-15)21-26-18(14-29-21)13-25-22(23-2)24-12-17-6-5-7-19(27-3)20(17)28-4/h5-11,14H,12-13H2,1-4H3,(H2,23,24,25). The lowest BCUT2D eigenvalue weighted by Gasteiger charge is -2.15. The van der Waals surface area contributed by atoms with Crippen molar-refractivity contribution in [2.45, 2.75) is 20.0 Å². The van der Waals surface area contributed by atoms with Gasteiger partial charge in [0.15, 0.2) is 17.5 Å². The molecule has 0 atom stereocenters. The zero-order chi connectivity index (χ0) is 20.6. The van der Waals surface area contributed by atoms with Gasteiger partial charge in [0.2, 0.25) is 5.89 Å². The molecular weight excluding hydrogens is 368 g/mol. The molecule has 2 N–H and O–H groups in total. The minimum Gasteiger partial charge on any atom is -0.493 e. The van der Waals surface area contributed by atoms with E-state index in [1.807, 2.05) is 42.5 Å². The predicted molar refractivity (Wildman–Crippen MR) is 113 cm³/mol. The fraction of sp³-hybridized carbons (Fsp3) is 0.273. The Bertz CT molecular complexity index is 964. The highest BCUT2D eigenvalue weighted by Gasteiger charge is 2.11. The summed E-state index contributed by atoms with van der Waals surface area (Å²) in [7, 11) is 4.97. The molecule has 1 aromatic heterocycles. The van der Waals surface area contributed by atoms with Crippen molar-refractivity contribution in [3.05, 3.63) is 65.5 Å². The summed E-state index contributed by atoms with van der Waals surface area (Å²) < 4.78 is 16.4. The number of aromatic nitrogens is 1. The number of oxazole rings is 1. The van der Waals surface area contributed by atoms with E-state index >= 15 is 0 Å². The van der Waals surface area contributed by atoms with Gasteiger partial charge in [0.25, 0.3) is 0 Å². The van der Waals surface area contributed by atoms with E-state index in [-0.39, 0.29) is 0 Å². The molecule has 7 heteroatoms. The maximum atomic E-state index is 5.60. The Kier molecular flexibility index (Phi) is 6.73. The third-order valence-electron chi connectivity index (χ3n) is 4.44. The van der Waals surface area contributed by atoms with E-state index in [0.29, 0.717) is 36.4 Å². The summed E-state index contributed by atoms with van der Waals surface area (Å²) in [6.45, 7) is 3.08.